The molecule has 0 aliphatic rings. The fourth-order valence-corrected chi connectivity index (χ4v) is 1.91. The molecule has 0 aliphatic carbocycles. The maximum absolute atomic E-state index is 13.0. The second-order valence-corrected chi connectivity index (χ2v) is 4.77. The number of unbranched alkanes of at least 4 members (excludes halogenated alkanes) is 2. The van der Waals surface area contributed by atoms with Crippen LogP contribution in [-0.4, -0.2) is 17.7 Å². The lowest BCUT2D eigenvalue weighted by Crippen LogP contribution is -2.11. The highest BCUT2D eigenvalue weighted by Gasteiger charge is 2.33. The molecule has 0 unspecified atom stereocenters. The number of halogens is 3. The van der Waals surface area contributed by atoms with Crippen LogP contribution in [0.25, 0.3) is 0 Å². The summed E-state index contributed by atoms with van der Waals surface area (Å²) in [7, 11) is 0. The van der Waals surface area contributed by atoms with Gasteiger partial charge in [-0.1, -0.05) is 25.8 Å². The molecule has 0 atom stereocenters. The Balaban J connectivity index is 2.83. The van der Waals surface area contributed by atoms with E-state index in [1.165, 1.54) is 12.1 Å². The molecule has 3 nitrogen and oxygen atoms in total. The number of carboxylic acid groups (broad SMARTS) is 1. The van der Waals surface area contributed by atoms with E-state index in [-0.39, 0.29) is 24.2 Å². The second kappa shape index (κ2) is 7.90. The molecule has 1 aromatic rings. The Morgan fingerprint density at radius 3 is 2.57 bits per heavy atom. The van der Waals surface area contributed by atoms with Crippen molar-refractivity contribution in [1.82, 2.24) is 0 Å². The van der Waals surface area contributed by atoms with Gasteiger partial charge in [0, 0.05) is 6.42 Å². The lowest BCUT2D eigenvalue weighted by atomic mass is 10.0. The van der Waals surface area contributed by atoms with Crippen molar-refractivity contribution in [1.29, 1.82) is 0 Å². The zero-order chi connectivity index (χ0) is 15.9. The minimum absolute atomic E-state index is 0.0224. The number of hydrogen-bond donors (Lipinski definition) is 1. The van der Waals surface area contributed by atoms with E-state index in [9.17, 15) is 18.0 Å². The molecule has 0 radical (unpaired) electrons. The Morgan fingerprint density at radius 1 is 1.29 bits per heavy atom. The van der Waals surface area contributed by atoms with Crippen molar-refractivity contribution in [3.8, 4) is 5.75 Å². The van der Waals surface area contributed by atoms with Crippen molar-refractivity contribution in [3.05, 3.63) is 29.3 Å². The number of aliphatic carboxylic acids is 1. The van der Waals surface area contributed by atoms with Crippen LogP contribution in [0.15, 0.2) is 18.2 Å². The number of ether oxygens (including phenoxy) is 1. The fourth-order valence-electron chi connectivity index (χ4n) is 1.91. The third kappa shape index (κ3) is 6.06. The third-order valence-electron chi connectivity index (χ3n) is 3.01. The Bertz CT molecular complexity index is 470. The normalized spacial score (nSPS) is 11.4. The van der Waals surface area contributed by atoms with Crippen LogP contribution in [0.5, 0.6) is 5.75 Å². The molecular weight excluding hydrogens is 285 g/mol. The molecular formula is C15H19F3O3. The Kier molecular flexibility index (Phi) is 6.52. The van der Waals surface area contributed by atoms with Gasteiger partial charge in [-0.25, -0.2) is 0 Å². The number of aryl methyl sites for hydroxylation is 1. The van der Waals surface area contributed by atoms with Crippen LogP contribution in [0, 0.1) is 0 Å². The first-order valence-corrected chi connectivity index (χ1v) is 6.89. The van der Waals surface area contributed by atoms with E-state index in [1.807, 2.05) is 6.92 Å². The number of rotatable bonds is 8. The standard InChI is InChI=1S/C15H19F3O3/c1-2-3-4-9-21-12-7-5-11(6-8-14(19)20)13(10-12)15(16,17)18/h5,7,10H,2-4,6,8-9H2,1H3,(H,19,20). The zero-order valence-corrected chi connectivity index (χ0v) is 11.9. The monoisotopic (exact) mass is 304 g/mol. The van der Waals surface area contributed by atoms with Crippen LogP contribution >= 0.6 is 0 Å². The number of carboxylic acids is 1. The quantitative estimate of drug-likeness (QED) is 0.729. The van der Waals surface area contributed by atoms with Gasteiger partial charge >= 0.3 is 12.1 Å². The summed E-state index contributed by atoms with van der Waals surface area (Å²) in [4.78, 5) is 10.5. The van der Waals surface area contributed by atoms with Crippen molar-refractivity contribution in [3.63, 3.8) is 0 Å². The van der Waals surface area contributed by atoms with Crippen LogP contribution in [0.4, 0.5) is 13.2 Å². The van der Waals surface area contributed by atoms with Gasteiger partial charge in [-0.05, 0) is 30.5 Å². The molecule has 0 bridgehead atoms. The number of hydrogen-bond acceptors (Lipinski definition) is 2. The Morgan fingerprint density at radius 2 is 2.00 bits per heavy atom. The van der Waals surface area contributed by atoms with Crippen LogP contribution in [0.2, 0.25) is 0 Å². The molecule has 0 spiro atoms. The average molecular weight is 304 g/mol. The van der Waals surface area contributed by atoms with Gasteiger partial charge in [0.05, 0.1) is 12.2 Å². The number of carbonyl (C=O) groups is 1. The summed E-state index contributed by atoms with van der Waals surface area (Å²) in [5.74, 6) is -0.958. The molecule has 0 heterocycles. The van der Waals surface area contributed by atoms with Crippen LogP contribution in [-0.2, 0) is 17.4 Å². The van der Waals surface area contributed by atoms with Gasteiger partial charge in [0.15, 0.2) is 0 Å². The van der Waals surface area contributed by atoms with Gasteiger partial charge < -0.3 is 9.84 Å². The maximum Gasteiger partial charge on any atom is 0.416 e. The molecule has 1 rings (SSSR count). The minimum Gasteiger partial charge on any atom is -0.494 e. The molecule has 0 saturated heterocycles. The summed E-state index contributed by atoms with van der Waals surface area (Å²) in [6.45, 7) is 2.40. The summed E-state index contributed by atoms with van der Waals surface area (Å²) >= 11 is 0. The maximum atomic E-state index is 13.0. The highest BCUT2D eigenvalue weighted by atomic mass is 19.4. The molecule has 118 valence electrons. The third-order valence-corrected chi connectivity index (χ3v) is 3.01. The fraction of sp³-hybridized carbons (Fsp3) is 0.533. The molecule has 0 aliphatic heterocycles. The minimum atomic E-state index is -4.52. The van der Waals surface area contributed by atoms with Gasteiger partial charge in [-0.3, -0.25) is 4.79 Å². The van der Waals surface area contributed by atoms with Crippen molar-refractivity contribution in [2.45, 2.75) is 45.2 Å². The SMILES string of the molecule is CCCCCOc1ccc(CCC(=O)O)c(C(F)(F)F)c1. The van der Waals surface area contributed by atoms with E-state index in [0.29, 0.717) is 6.61 Å². The predicted octanol–water partition coefficient (Wildman–Crippen LogP) is 4.29. The molecule has 1 aromatic carbocycles. The van der Waals surface area contributed by atoms with Crippen LogP contribution in [0.3, 0.4) is 0 Å². The lowest BCUT2D eigenvalue weighted by molar-refractivity contribution is -0.140. The molecule has 1 N–H and O–H groups in total. The second-order valence-electron chi connectivity index (χ2n) is 4.77. The lowest BCUT2D eigenvalue weighted by Gasteiger charge is -2.14. The van der Waals surface area contributed by atoms with Crippen molar-refractivity contribution in [2.75, 3.05) is 6.61 Å². The predicted molar refractivity (Wildman–Crippen MR) is 72.4 cm³/mol. The van der Waals surface area contributed by atoms with Crippen molar-refractivity contribution in [2.24, 2.45) is 0 Å². The topological polar surface area (TPSA) is 46.5 Å². The molecule has 0 aromatic heterocycles. The van der Waals surface area contributed by atoms with E-state index in [2.05, 4.69) is 0 Å². The van der Waals surface area contributed by atoms with E-state index >= 15 is 0 Å². The molecule has 6 heteroatoms. The summed E-state index contributed by atoms with van der Waals surface area (Å²) in [5.41, 5.74) is -0.845. The molecule has 0 amide bonds. The Labute approximate surface area is 121 Å². The Hall–Kier alpha value is -1.72. The van der Waals surface area contributed by atoms with Crippen LogP contribution < -0.4 is 4.74 Å². The number of alkyl halides is 3. The largest absolute Gasteiger partial charge is 0.494 e. The summed E-state index contributed by atoms with van der Waals surface area (Å²) in [5, 5.41) is 8.58. The van der Waals surface area contributed by atoms with Crippen molar-refractivity contribution >= 4 is 5.97 Å². The van der Waals surface area contributed by atoms with Gasteiger partial charge in [-0.15, -0.1) is 0 Å². The molecule has 21 heavy (non-hydrogen) atoms. The summed E-state index contributed by atoms with van der Waals surface area (Å²) < 4.78 is 44.3. The smallest absolute Gasteiger partial charge is 0.416 e. The van der Waals surface area contributed by atoms with Crippen molar-refractivity contribution < 1.29 is 27.8 Å². The summed E-state index contributed by atoms with van der Waals surface area (Å²) in [6, 6.07) is 3.70. The first kappa shape index (κ1) is 17.3. The van der Waals surface area contributed by atoms with E-state index in [4.69, 9.17) is 9.84 Å². The van der Waals surface area contributed by atoms with Gasteiger partial charge in [-0.2, -0.15) is 13.2 Å². The van der Waals surface area contributed by atoms with Gasteiger partial charge in [0.1, 0.15) is 5.75 Å². The highest BCUT2D eigenvalue weighted by molar-refractivity contribution is 5.67. The van der Waals surface area contributed by atoms with E-state index in [1.54, 1.807) is 0 Å². The van der Waals surface area contributed by atoms with Gasteiger partial charge in [0.25, 0.3) is 0 Å². The zero-order valence-electron chi connectivity index (χ0n) is 11.9. The molecule has 0 saturated carbocycles. The summed E-state index contributed by atoms with van der Waals surface area (Å²) in [6.07, 6.45) is -2.25. The first-order valence-electron chi connectivity index (χ1n) is 6.89. The van der Waals surface area contributed by atoms with E-state index < -0.39 is 17.7 Å². The van der Waals surface area contributed by atoms with Gasteiger partial charge in [0.2, 0.25) is 0 Å². The highest BCUT2D eigenvalue weighted by Crippen LogP contribution is 2.35. The van der Waals surface area contributed by atoms with E-state index in [0.717, 1.165) is 25.3 Å². The number of benzene rings is 1. The van der Waals surface area contributed by atoms with Crippen LogP contribution in [0.1, 0.15) is 43.7 Å². The first-order chi connectivity index (χ1) is 9.84. The average Bonchev–Trinajstić information content (AvgIpc) is 2.41. The molecule has 0 fully saturated rings.